The molecule has 0 heterocycles. The van der Waals surface area contributed by atoms with E-state index in [4.69, 9.17) is 10.00 Å². The maximum absolute atomic E-state index is 10.4. The first kappa shape index (κ1) is 11.7. The van der Waals surface area contributed by atoms with Gasteiger partial charge in [-0.3, -0.25) is 10.1 Å². The number of ether oxygens (including phenoxy) is 1. The Labute approximate surface area is 92.7 Å². The number of hydrogen-bond donors (Lipinski definition) is 0. The number of hydrogen-bond acceptors (Lipinski definition) is 4. The van der Waals surface area contributed by atoms with Crippen molar-refractivity contribution in [3.63, 3.8) is 0 Å². The van der Waals surface area contributed by atoms with Crippen LogP contribution >= 0.6 is 0 Å². The third kappa shape index (κ3) is 3.42. The van der Waals surface area contributed by atoms with Crippen molar-refractivity contribution < 1.29 is 9.66 Å². The summed E-state index contributed by atoms with van der Waals surface area (Å²) >= 11 is 0. The lowest BCUT2D eigenvalue weighted by molar-refractivity contribution is -0.422. The lowest BCUT2D eigenvalue weighted by Crippen LogP contribution is -1.94. The standard InChI is InChI=1S/C11H10N2O3/c1-9(13(14)15)8-10-2-4-11(5-3-10)16-7-6-12/h2-5,8H,7H2,1H3. The first-order chi connectivity index (χ1) is 7.63. The lowest BCUT2D eigenvalue weighted by Gasteiger charge is -2.00. The molecule has 0 atom stereocenters. The van der Waals surface area contributed by atoms with Gasteiger partial charge in [-0.1, -0.05) is 12.1 Å². The molecule has 0 spiro atoms. The largest absolute Gasteiger partial charge is 0.479 e. The third-order valence-corrected chi connectivity index (χ3v) is 1.85. The summed E-state index contributed by atoms with van der Waals surface area (Å²) in [4.78, 5) is 9.94. The maximum Gasteiger partial charge on any atom is 0.243 e. The first-order valence-electron chi connectivity index (χ1n) is 4.56. The van der Waals surface area contributed by atoms with Gasteiger partial charge >= 0.3 is 0 Å². The van der Waals surface area contributed by atoms with Gasteiger partial charge in [-0.05, 0) is 17.7 Å². The normalized spacial score (nSPS) is 10.6. The van der Waals surface area contributed by atoms with Crippen molar-refractivity contribution in [1.82, 2.24) is 0 Å². The second-order valence-electron chi connectivity index (χ2n) is 3.06. The molecule has 0 aromatic heterocycles. The predicted molar refractivity (Wildman–Crippen MR) is 58.2 cm³/mol. The Morgan fingerprint density at radius 3 is 2.69 bits per heavy atom. The number of nitro groups is 1. The summed E-state index contributed by atoms with van der Waals surface area (Å²) in [6, 6.07) is 8.57. The van der Waals surface area contributed by atoms with Gasteiger partial charge < -0.3 is 4.74 Å². The Morgan fingerprint density at radius 2 is 2.19 bits per heavy atom. The lowest BCUT2D eigenvalue weighted by atomic mass is 10.2. The van der Waals surface area contributed by atoms with Gasteiger partial charge in [-0.15, -0.1) is 0 Å². The number of nitriles is 1. The molecule has 5 heteroatoms. The second kappa shape index (κ2) is 5.51. The highest BCUT2D eigenvalue weighted by Crippen LogP contribution is 2.14. The maximum atomic E-state index is 10.4. The van der Waals surface area contributed by atoms with Gasteiger partial charge in [-0.25, -0.2) is 0 Å². The van der Waals surface area contributed by atoms with E-state index in [1.54, 1.807) is 24.3 Å². The van der Waals surface area contributed by atoms with Crippen molar-refractivity contribution >= 4 is 6.08 Å². The van der Waals surface area contributed by atoms with E-state index in [0.717, 1.165) is 5.56 Å². The molecule has 0 unspecified atom stereocenters. The van der Waals surface area contributed by atoms with Gasteiger partial charge in [-0.2, -0.15) is 5.26 Å². The molecule has 0 amide bonds. The molecule has 82 valence electrons. The van der Waals surface area contributed by atoms with Crippen molar-refractivity contribution in [1.29, 1.82) is 5.26 Å². The molecule has 1 aromatic rings. The molecule has 0 bridgehead atoms. The fourth-order valence-corrected chi connectivity index (χ4v) is 1.07. The summed E-state index contributed by atoms with van der Waals surface area (Å²) in [5.74, 6) is 0.567. The smallest absolute Gasteiger partial charge is 0.243 e. The second-order valence-corrected chi connectivity index (χ2v) is 3.06. The van der Waals surface area contributed by atoms with E-state index in [1.165, 1.54) is 13.0 Å². The minimum Gasteiger partial charge on any atom is -0.479 e. The van der Waals surface area contributed by atoms with Crippen LogP contribution in [0.15, 0.2) is 30.0 Å². The number of benzene rings is 1. The zero-order valence-electron chi connectivity index (χ0n) is 8.71. The van der Waals surface area contributed by atoms with Gasteiger partial charge in [0.25, 0.3) is 0 Å². The monoisotopic (exact) mass is 218 g/mol. The van der Waals surface area contributed by atoms with E-state index in [-0.39, 0.29) is 12.3 Å². The molecular weight excluding hydrogens is 208 g/mol. The number of allylic oxidation sites excluding steroid dienone is 1. The van der Waals surface area contributed by atoms with Gasteiger partial charge in [0, 0.05) is 13.0 Å². The van der Waals surface area contributed by atoms with E-state index < -0.39 is 4.92 Å². The SMILES string of the molecule is CC(=Cc1ccc(OCC#N)cc1)[N+](=O)[O-]. The van der Waals surface area contributed by atoms with Crippen molar-refractivity contribution in [3.05, 3.63) is 45.6 Å². The van der Waals surface area contributed by atoms with Crippen LogP contribution < -0.4 is 4.74 Å². The van der Waals surface area contributed by atoms with E-state index in [1.807, 2.05) is 6.07 Å². The van der Waals surface area contributed by atoms with Crippen molar-refractivity contribution in [2.75, 3.05) is 6.61 Å². The van der Waals surface area contributed by atoms with Crippen LogP contribution in [0, 0.1) is 21.4 Å². The van der Waals surface area contributed by atoms with Crippen molar-refractivity contribution in [3.8, 4) is 11.8 Å². The Hall–Kier alpha value is -2.35. The molecule has 0 fully saturated rings. The van der Waals surface area contributed by atoms with Crippen molar-refractivity contribution in [2.45, 2.75) is 6.92 Å². The fourth-order valence-electron chi connectivity index (χ4n) is 1.07. The summed E-state index contributed by atoms with van der Waals surface area (Å²) in [5.41, 5.74) is 0.796. The summed E-state index contributed by atoms with van der Waals surface area (Å²) in [6.45, 7) is 1.42. The molecule has 1 aromatic carbocycles. The van der Waals surface area contributed by atoms with Crippen LogP contribution in [-0.4, -0.2) is 11.5 Å². The van der Waals surface area contributed by atoms with Crippen molar-refractivity contribution in [2.24, 2.45) is 0 Å². The van der Waals surface area contributed by atoms with Crippen LogP contribution in [0.5, 0.6) is 5.75 Å². The minimum absolute atomic E-state index is 0.0108. The van der Waals surface area contributed by atoms with E-state index in [2.05, 4.69) is 0 Å². The Balaban J connectivity index is 2.76. The van der Waals surface area contributed by atoms with Gasteiger partial charge in [0.1, 0.15) is 11.8 Å². The summed E-state index contributed by atoms with van der Waals surface area (Å²) in [7, 11) is 0. The molecule has 0 saturated carbocycles. The zero-order valence-corrected chi connectivity index (χ0v) is 8.71. The summed E-state index contributed by atoms with van der Waals surface area (Å²) in [5, 5.41) is 18.7. The molecule has 1 rings (SSSR count). The van der Waals surface area contributed by atoms with Crippen LogP contribution in [0.1, 0.15) is 12.5 Å². The minimum atomic E-state index is -0.444. The van der Waals surface area contributed by atoms with E-state index >= 15 is 0 Å². The average molecular weight is 218 g/mol. The highest BCUT2D eigenvalue weighted by atomic mass is 16.6. The molecule has 0 aliphatic carbocycles. The molecule has 16 heavy (non-hydrogen) atoms. The Morgan fingerprint density at radius 1 is 1.56 bits per heavy atom. The highest BCUT2D eigenvalue weighted by Gasteiger charge is 2.01. The molecule has 0 saturated heterocycles. The first-order valence-corrected chi connectivity index (χ1v) is 4.56. The van der Waals surface area contributed by atoms with Crippen LogP contribution in [0.25, 0.3) is 6.08 Å². The highest BCUT2D eigenvalue weighted by molar-refractivity contribution is 5.51. The van der Waals surface area contributed by atoms with E-state index in [9.17, 15) is 10.1 Å². The van der Waals surface area contributed by atoms with Crippen LogP contribution in [0.3, 0.4) is 0 Å². The molecule has 0 aliphatic heterocycles. The average Bonchev–Trinajstić information content (AvgIpc) is 2.28. The number of nitrogens with zero attached hydrogens (tertiary/aromatic N) is 2. The summed E-state index contributed by atoms with van der Waals surface area (Å²) < 4.78 is 5.05. The number of rotatable bonds is 4. The topological polar surface area (TPSA) is 76.2 Å². The molecule has 5 nitrogen and oxygen atoms in total. The Kier molecular flexibility index (Phi) is 4.04. The van der Waals surface area contributed by atoms with Gasteiger partial charge in [0.2, 0.25) is 5.70 Å². The van der Waals surface area contributed by atoms with Crippen LogP contribution in [-0.2, 0) is 0 Å². The van der Waals surface area contributed by atoms with Crippen LogP contribution in [0.4, 0.5) is 0 Å². The summed E-state index contributed by atoms with van der Waals surface area (Å²) in [6.07, 6.45) is 1.47. The molecular formula is C11H10N2O3. The fraction of sp³-hybridized carbons (Fsp3) is 0.182. The third-order valence-electron chi connectivity index (χ3n) is 1.85. The van der Waals surface area contributed by atoms with Gasteiger partial charge in [0.15, 0.2) is 6.61 Å². The molecule has 0 aliphatic rings. The molecule has 0 N–H and O–H groups in total. The van der Waals surface area contributed by atoms with Crippen LogP contribution in [0.2, 0.25) is 0 Å². The molecule has 0 radical (unpaired) electrons. The zero-order chi connectivity index (χ0) is 12.0. The predicted octanol–water partition coefficient (Wildman–Crippen LogP) is 2.23. The quantitative estimate of drug-likeness (QED) is 0.573. The van der Waals surface area contributed by atoms with Gasteiger partial charge in [0.05, 0.1) is 4.92 Å². The van der Waals surface area contributed by atoms with E-state index in [0.29, 0.717) is 5.75 Å². The Bertz CT molecular complexity index is 443.